The first-order valence-electron chi connectivity index (χ1n) is 6.45. The first-order chi connectivity index (χ1) is 10.7. The number of rotatable bonds is 5. The van der Waals surface area contributed by atoms with Crippen LogP contribution in [0.3, 0.4) is 0 Å². The fourth-order valence-corrected chi connectivity index (χ4v) is 2.82. The molecule has 1 aromatic carbocycles. The summed E-state index contributed by atoms with van der Waals surface area (Å²) in [6.45, 7) is 1.71. The van der Waals surface area contributed by atoms with Crippen LogP contribution in [-0.4, -0.2) is 24.6 Å². The molecule has 2 rings (SSSR count). The highest BCUT2D eigenvalue weighted by Crippen LogP contribution is 2.31. The lowest BCUT2D eigenvalue weighted by Gasteiger charge is -2.15. The summed E-state index contributed by atoms with van der Waals surface area (Å²) in [6, 6.07) is 7.62. The van der Waals surface area contributed by atoms with Crippen LogP contribution < -0.4 is 4.74 Å². The molecule has 0 aliphatic carbocycles. The first kappa shape index (κ1) is 17.4. The van der Waals surface area contributed by atoms with Crippen molar-refractivity contribution in [1.82, 2.24) is 4.98 Å². The molecule has 122 valence electrons. The molecule has 0 fully saturated rings. The zero-order valence-corrected chi connectivity index (χ0v) is 14.7. The zero-order valence-electron chi connectivity index (χ0n) is 12.3. The third-order valence-electron chi connectivity index (χ3n) is 3.05. The molecule has 0 amide bonds. The summed E-state index contributed by atoms with van der Waals surface area (Å²) in [6.07, 6.45) is 1.92. The molecule has 9 heteroatoms. The number of ether oxygens (including phenoxy) is 1. The van der Waals surface area contributed by atoms with Crippen molar-refractivity contribution in [3.63, 3.8) is 0 Å². The molecule has 2 aromatic rings. The van der Waals surface area contributed by atoms with E-state index in [0.29, 0.717) is 10.0 Å². The Kier molecular flexibility index (Phi) is 5.00. The Bertz CT molecular complexity index is 837. The van der Waals surface area contributed by atoms with E-state index in [0.717, 1.165) is 6.26 Å². The molecule has 0 aliphatic heterocycles. The Hall–Kier alpha value is -2.00. The Labute approximate surface area is 141 Å². The quantitative estimate of drug-likeness (QED) is 0.563. The lowest BCUT2D eigenvalue weighted by Crippen LogP contribution is -2.06. The molecule has 23 heavy (non-hydrogen) atoms. The monoisotopic (exact) mass is 400 g/mol. The second-order valence-electron chi connectivity index (χ2n) is 4.83. The number of hydrogen-bond donors (Lipinski definition) is 0. The van der Waals surface area contributed by atoms with Gasteiger partial charge in [0.25, 0.3) is 0 Å². The molecule has 1 unspecified atom stereocenters. The van der Waals surface area contributed by atoms with E-state index in [-0.39, 0.29) is 16.5 Å². The largest absolute Gasteiger partial charge is 0.478 e. The maximum Gasteiger partial charge on any atom is 0.406 e. The van der Waals surface area contributed by atoms with Crippen molar-refractivity contribution in [2.75, 3.05) is 6.26 Å². The summed E-state index contributed by atoms with van der Waals surface area (Å²) in [5, 5.41) is 11.0. The van der Waals surface area contributed by atoms with E-state index in [9.17, 15) is 18.5 Å². The highest BCUT2D eigenvalue weighted by atomic mass is 79.9. The van der Waals surface area contributed by atoms with E-state index >= 15 is 0 Å². The van der Waals surface area contributed by atoms with Crippen molar-refractivity contribution in [3.8, 4) is 5.75 Å². The predicted molar refractivity (Wildman–Crippen MR) is 87.2 cm³/mol. The van der Waals surface area contributed by atoms with Gasteiger partial charge in [-0.2, -0.15) is 0 Å². The molecule has 0 radical (unpaired) electrons. The van der Waals surface area contributed by atoms with E-state index in [1.165, 1.54) is 24.4 Å². The average molecular weight is 401 g/mol. The van der Waals surface area contributed by atoms with Crippen molar-refractivity contribution in [2.45, 2.75) is 17.9 Å². The molecule has 7 nitrogen and oxygen atoms in total. The highest BCUT2D eigenvalue weighted by molar-refractivity contribution is 9.10. The fourth-order valence-electron chi connectivity index (χ4n) is 1.88. The summed E-state index contributed by atoms with van der Waals surface area (Å²) < 4.78 is 29.1. The topological polar surface area (TPSA) is 99.4 Å². The van der Waals surface area contributed by atoms with Gasteiger partial charge in [-0.3, -0.25) is 0 Å². The standard InChI is InChI=1S/C14H13BrN2O5S/c1-9(10-3-5-12(6-4-10)23(2,20)21)22-13-7-11(15)8-16-14(13)17(18)19/h3-9H,1-2H3. The third-order valence-corrected chi connectivity index (χ3v) is 4.62. The minimum atomic E-state index is -3.27. The van der Waals surface area contributed by atoms with E-state index in [4.69, 9.17) is 4.74 Å². The Balaban J connectivity index is 2.27. The van der Waals surface area contributed by atoms with Gasteiger partial charge >= 0.3 is 5.82 Å². The van der Waals surface area contributed by atoms with Gasteiger partial charge in [-0.25, -0.2) is 8.42 Å². The Morgan fingerprint density at radius 1 is 1.30 bits per heavy atom. The van der Waals surface area contributed by atoms with E-state index in [1.54, 1.807) is 19.1 Å². The molecule has 0 saturated heterocycles. The maximum atomic E-state index is 11.4. The SMILES string of the molecule is CC(Oc1cc(Br)cnc1[N+](=O)[O-])c1ccc(S(C)(=O)=O)cc1. The molecule has 0 bridgehead atoms. The van der Waals surface area contributed by atoms with Crippen LogP contribution in [0.5, 0.6) is 5.75 Å². The van der Waals surface area contributed by atoms with E-state index in [1.807, 2.05) is 0 Å². The molecule has 1 aromatic heterocycles. The minimum absolute atomic E-state index is 0.0315. The molecular weight excluding hydrogens is 388 g/mol. The van der Waals surface area contributed by atoms with Crippen molar-refractivity contribution in [2.24, 2.45) is 0 Å². The van der Waals surface area contributed by atoms with Gasteiger partial charge in [0.1, 0.15) is 6.10 Å². The first-order valence-corrected chi connectivity index (χ1v) is 9.13. The lowest BCUT2D eigenvalue weighted by atomic mass is 10.1. The van der Waals surface area contributed by atoms with Crippen molar-refractivity contribution in [1.29, 1.82) is 0 Å². The normalized spacial score (nSPS) is 12.7. The summed E-state index contributed by atoms with van der Waals surface area (Å²) >= 11 is 3.19. The van der Waals surface area contributed by atoms with Gasteiger partial charge < -0.3 is 14.9 Å². The average Bonchev–Trinajstić information content (AvgIpc) is 2.46. The second kappa shape index (κ2) is 6.63. The molecule has 1 heterocycles. The van der Waals surface area contributed by atoms with Gasteiger partial charge in [0.15, 0.2) is 16.0 Å². The van der Waals surface area contributed by atoms with Gasteiger partial charge in [0, 0.05) is 12.3 Å². The number of pyridine rings is 1. The fraction of sp³-hybridized carbons (Fsp3) is 0.214. The number of hydrogen-bond acceptors (Lipinski definition) is 6. The van der Waals surface area contributed by atoms with Crippen molar-refractivity contribution < 1.29 is 18.1 Å². The van der Waals surface area contributed by atoms with Crippen LogP contribution in [0.15, 0.2) is 45.9 Å². The smallest absolute Gasteiger partial charge is 0.406 e. The van der Waals surface area contributed by atoms with Gasteiger partial charge in [0.2, 0.25) is 5.75 Å². The molecule has 0 spiro atoms. The van der Waals surface area contributed by atoms with Gasteiger partial charge in [0.05, 0.1) is 9.37 Å². The zero-order chi connectivity index (χ0) is 17.2. The molecular formula is C14H13BrN2O5S. The summed E-state index contributed by atoms with van der Waals surface area (Å²) in [5.41, 5.74) is 0.687. The predicted octanol–water partition coefficient (Wildman–Crippen LogP) is 3.30. The molecule has 0 N–H and O–H groups in total. The second-order valence-corrected chi connectivity index (χ2v) is 7.77. The van der Waals surface area contributed by atoms with Crippen LogP contribution in [-0.2, 0) is 9.84 Å². The van der Waals surface area contributed by atoms with Crippen LogP contribution in [0.1, 0.15) is 18.6 Å². The van der Waals surface area contributed by atoms with E-state index in [2.05, 4.69) is 20.9 Å². The van der Waals surface area contributed by atoms with Gasteiger partial charge in [-0.1, -0.05) is 12.1 Å². The molecule has 1 atom stereocenters. The van der Waals surface area contributed by atoms with Crippen LogP contribution in [0.4, 0.5) is 5.82 Å². The Morgan fingerprint density at radius 2 is 1.91 bits per heavy atom. The van der Waals surface area contributed by atoms with Crippen LogP contribution in [0, 0.1) is 10.1 Å². The molecule has 0 saturated carbocycles. The van der Waals surface area contributed by atoms with E-state index < -0.39 is 20.9 Å². The molecule has 0 aliphatic rings. The Morgan fingerprint density at radius 3 is 2.43 bits per heavy atom. The number of nitrogens with zero attached hydrogens (tertiary/aromatic N) is 2. The van der Waals surface area contributed by atoms with Crippen molar-refractivity contribution in [3.05, 3.63) is 56.7 Å². The summed E-state index contributed by atoms with van der Waals surface area (Å²) in [5.74, 6) is -0.350. The minimum Gasteiger partial charge on any atom is -0.478 e. The number of nitro groups is 1. The van der Waals surface area contributed by atoms with Crippen LogP contribution >= 0.6 is 15.9 Å². The van der Waals surface area contributed by atoms with Crippen molar-refractivity contribution >= 4 is 31.6 Å². The van der Waals surface area contributed by atoms with Crippen LogP contribution in [0.25, 0.3) is 0 Å². The van der Waals surface area contributed by atoms with Gasteiger partial charge in [-0.15, -0.1) is 0 Å². The summed E-state index contributed by atoms with van der Waals surface area (Å²) in [4.78, 5) is 14.3. The maximum absolute atomic E-state index is 11.4. The van der Waals surface area contributed by atoms with Gasteiger partial charge in [-0.05, 0) is 50.5 Å². The third kappa shape index (κ3) is 4.26. The number of aromatic nitrogens is 1. The number of halogens is 1. The lowest BCUT2D eigenvalue weighted by molar-refractivity contribution is -0.390. The summed E-state index contributed by atoms with van der Waals surface area (Å²) in [7, 11) is -3.27. The highest BCUT2D eigenvalue weighted by Gasteiger charge is 2.20. The number of benzene rings is 1. The number of sulfone groups is 1. The van der Waals surface area contributed by atoms with Crippen LogP contribution in [0.2, 0.25) is 0 Å².